The highest BCUT2D eigenvalue weighted by molar-refractivity contribution is 7.99. The highest BCUT2D eigenvalue weighted by Gasteiger charge is 2.31. The molecule has 0 aliphatic heterocycles. The van der Waals surface area contributed by atoms with E-state index in [1.54, 1.807) is 30.1 Å². The molecule has 0 aromatic carbocycles. The third kappa shape index (κ3) is 3.47. The summed E-state index contributed by atoms with van der Waals surface area (Å²) in [5.41, 5.74) is 0.0679. The van der Waals surface area contributed by atoms with Crippen molar-refractivity contribution in [3.63, 3.8) is 0 Å². The van der Waals surface area contributed by atoms with E-state index in [0.717, 1.165) is 36.6 Å². The molecule has 2 rings (SSSR count). The van der Waals surface area contributed by atoms with E-state index in [2.05, 4.69) is 18.0 Å². The molecule has 4 heteroatoms. The molecule has 1 aliphatic rings. The normalized spacial score (nSPS) is 27.7. The number of aromatic nitrogens is 1. The first-order valence-electron chi connectivity index (χ1n) is 6.33. The fourth-order valence-corrected chi connectivity index (χ4v) is 3.26. The molecule has 1 aromatic rings. The summed E-state index contributed by atoms with van der Waals surface area (Å²) in [4.78, 5) is 4.22. The van der Waals surface area contributed by atoms with Crippen LogP contribution in [0.25, 0.3) is 0 Å². The van der Waals surface area contributed by atoms with Gasteiger partial charge in [-0.15, -0.1) is 11.8 Å². The van der Waals surface area contributed by atoms with Gasteiger partial charge in [-0.25, -0.2) is 4.98 Å². The summed E-state index contributed by atoms with van der Waals surface area (Å²) in [6.45, 7) is 2.24. The van der Waals surface area contributed by atoms with E-state index in [1.807, 2.05) is 0 Å². The van der Waals surface area contributed by atoms with Gasteiger partial charge in [0, 0.05) is 11.9 Å². The van der Waals surface area contributed by atoms with Gasteiger partial charge in [0.05, 0.1) is 22.3 Å². The Bertz CT molecular complexity index is 447. The van der Waals surface area contributed by atoms with E-state index in [9.17, 15) is 5.11 Å². The minimum Gasteiger partial charge on any atom is -0.389 e. The molecule has 1 N–H and O–H groups in total. The van der Waals surface area contributed by atoms with Crippen LogP contribution in [-0.2, 0) is 0 Å². The van der Waals surface area contributed by atoms with Crippen molar-refractivity contribution in [3.05, 3.63) is 23.9 Å². The van der Waals surface area contributed by atoms with Gasteiger partial charge in [-0.3, -0.25) is 0 Å². The topological polar surface area (TPSA) is 56.9 Å². The highest BCUT2D eigenvalue weighted by atomic mass is 32.2. The van der Waals surface area contributed by atoms with Gasteiger partial charge >= 0.3 is 0 Å². The quantitative estimate of drug-likeness (QED) is 0.851. The molecule has 18 heavy (non-hydrogen) atoms. The predicted molar refractivity (Wildman–Crippen MR) is 72.3 cm³/mol. The van der Waals surface area contributed by atoms with Gasteiger partial charge in [-0.05, 0) is 43.7 Å². The monoisotopic (exact) mass is 262 g/mol. The van der Waals surface area contributed by atoms with Crippen LogP contribution in [0.3, 0.4) is 0 Å². The molecule has 3 nitrogen and oxygen atoms in total. The van der Waals surface area contributed by atoms with Crippen molar-refractivity contribution < 1.29 is 5.11 Å². The van der Waals surface area contributed by atoms with Gasteiger partial charge in [0.1, 0.15) is 0 Å². The number of pyridine rings is 1. The minimum absolute atomic E-state index is 0.554. The SMILES string of the molecule is CC1CCC(O)(CSc2cc(C#N)ccn2)CC1. The smallest absolute Gasteiger partial charge is 0.0993 e. The maximum absolute atomic E-state index is 10.5. The summed E-state index contributed by atoms with van der Waals surface area (Å²) in [5, 5.41) is 20.1. The van der Waals surface area contributed by atoms with Crippen molar-refractivity contribution in [2.24, 2.45) is 5.92 Å². The third-order valence-electron chi connectivity index (χ3n) is 3.56. The van der Waals surface area contributed by atoms with Crippen molar-refractivity contribution in [1.82, 2.24) is 4.98 Å². The number of aliphatic hydroxyl groups is 1. The maximum Gasteiger partial charge on any atom is 0.0993 e. The second-order valence-corrected chi connectivity index (χ2v) is 6.19. The van der Waals surface area contributed by atoms with Gasteiger partial charge in [0.2, 0.25) is 0 Å². The summed E-state index contributed by atoms with van der Waals surface area (Å²) in [6, 6.07) is 5.58. The Kier molecular flexibility index (Phi) is 4.26. The van der Waals surface area contributed by atoms with Crippen LogP contribution in [0.1, 0.15) is 38.2 Å². The lowest BCUT2D eigenvalue weighted by Gasteiger charge is -2.34. The molecular weight excluding hydrogens is 244 g/mol. The molecule has 0 bridgehead atoms. The number of nitriles is 1. The Morgan fingerprint density at radius 1 is 1.56 bits per heavy atom. The first-order valence-corrected chi connectivity index (χ1v) is 7.31. The summed E-state index contributed by atoms with van der Waals surface area (Å²) in [6.07, 6.45) is 5.59. The molecular formula is C14H18N2OS. The molecule has 0 atom stereocenters. The van der Waals surface area contributed by atoms with Gasteiger partial charge in [0.25, 0.3) is 0 Å². The Hall–Kier alpha value is -1.05. The van der Waals surface area contributed by atoms with E-state index in [4.69, 9.17) is 5.26 Å². The average Bonchev–Trinajstić information content (AvgIpc) is 2.41. The van der Waals surface area contributed by atoms with Gasteiger partial charge in [-0.1, -0.05) is 6.92 Å². The standard InChI is InChI=1S/C14H18N2OS/c1-11-2-5-14(17,6-3-11)10-18-13-8-12(9-15)4-7-16-13/h4,7-8,11,17H,2-3,5-6,10H2,1H3. The van der Waals surface area contributed by atoms with Crippen LogP contribution in [-0.4, -0.2) is 21.4 Å². The van der Waals surface area contributed by atoms with E-state index < -0.39 is 5.60 Å². The number of hydrogen-bond acceptors (Lipinski definition) is 4. The fourth-order valence-electron chi connectivity index (χ4n) is 2.21. The summed E-state index contributed by atoms with van der Waals surface area (Å²) < 4.78 is 0. The van der Waals surface area contributed by atoms with Crippen molar-refractivity contribution in [1.29, 1.82) is 5.26 Å². The molecule has 0 amide bonds. The number of hydrogen-bond donors (Lipinski definition) is 1. The number of rotatable bonds is 3. The van der Waals surface area contributed by atoms with Gasteiger partial charge < -0.3 is 5.11 Å². The Morgan fingerprint density at radius 2 is 2.28 bits per heavy atom. The van der Waals surface area contributed by atoms with E-state index in [1.165, 1.54) is 0 Å². The molecule has 0 radical (unpaired) electrons. The van der Waals surface area contributed by atoms with Crippen LogP contribution in [0.15, 0.2) is 23.4 Å². The highest BCUT2D eigenvalue weighted by Crippen LogP contribution is 2.35. The summed E-state index contributed by atoms with van der Waals surface area (Å²) in [5.74, 6) is 1.40. The van der Waals surface area contributed by atoms with Crippen LogP contribution in [0, 0.1) is 17.2 Å². The largest absolute Gasteiger partial charge is 0.389 e. The number of nitrogens with zero attached hydrogens (tertiary/aromatic N) is 2. The lowest BCUT2D eigenvalue weighted by Crippen LogP contribution is -2.36. The average molecular weight is 262 g/mol. The zero-order valence-corrected chi connectivity index (χ0v) is 11.4. The molecule has 1 heterocycles. The van der Waals surface area contributed by atoms with Crippen molar-refractivity contribution in [2.75, 3.05) is 5.75 Å². The van der Waals surface area contributed by atoms with Crippen LogP contribution < -0.4 is 0 Å². The van der Waals surface area contributed by atoms with Crippen molar-refractivity contribution in [3.8, 4) is 6.07 Å². The van der Waals surface area contributed by atoms with E-state index >= 15 is 0 Å². The Balaban J connectivity index is 1.93. The first-order chi connectivity index (χ1) is 8.61. The second kappa shape index (κ2) is 5.73. The Labute approximate surface area is 112 Å². The lowest BCUT2D eigenvalue weighted by molar-refractivity contribution is 0.0150. The zero-order valence-electron chi connectivity index (χ0n) is 10.6. The van der Waals surface area contributed by atoms with Crippen LogP contribution in [0.4, 0.5) is 0 Å². The van der Waals surface area contributed by atoms with Crippen LogP contribution in [0.2, 0.25) is 0 Å². The molecule has 1 saturated carbocycles. The van der Waals surface area contributed by atoms with E-state index in [0.29, 0.717) is 11.3 Å². The van der Waals surface area contributed by atoms with Crippen LogP contribution >= 0.6 is 11.8 Å². The van der Waals surface area contributed by atoms with Crippen molar-refractivity contribution in [2.45, 2.75) is 43.2 Å². The molecule has 0 saturated heterocycles. The number of thioether (sulfide) groups is 1. The molecule has 1 aliphatic carbocycles. The fraction of sp³-hybridized carbons (Fsp3) is 0.571. The lowest BCUT2D eigenvalue weighted by atomic mass is 9.81. The summed E-state index contributed by atoms with van der Waals surface area (Å²) in [7, 11) is 0. The minimum atomic E-state index is -0.554. The maximum atomic E-state index is 10.5. The molecule has 96 valence electrons. The Morgan fingerprint density at radius 3 is 2.94 bits per heavy atom. The third-order valence-corrected chi connectivity index (χ3v) is 4.76. The van der Waals surface area contributed by atoms with Gasteiger partial charge in [0.15, 0.2) is 0 Å². The molecule has 1 fully saturated rings. The molecule has 0 unspecified atom stereocenters. The van der Waals surface area contributed by atoms with Crippen molar-refractivity contribution >= 4 is 11.8 Å². The van der Waals surface area contributed by atoms with Crippen LogP contribution in [0.5, 0.6) is 0 Å². The molecule has 0 spiro atoms. The molecule has 1 aromatic heterocycles. The predicted octanol–water partition coefficient (Wildman–Crippen LogP) is 2.99. The van der Waals surface area contributed by atoms with Gasteiger partial charge in [-0.2, -0.15) is 5.26 Å². The zero-order chi connectivity index (χ0) is 13.0. The second-order valence-electron chi connectivity index (χ2n) is 5.19. The summed E-state index contributed by atoms with van der Waals surface area (Å²) >= 11 is 1.54. The van der Waals surface area contributed by atoms with E-state index in [-0.39, 0.29) is 0 Å². The first kappa shape index (κ1) is 13.4.